The smallest absolute Gasteiger partial charge is 0.327 e. The van der Waals surface area contributed by atoms with E-state index in [1.54, 1.807) is 12.1 Å². The van der Waals surface area contributed by atoms with Gasteiger partial charge < -0.3 is 4.48 Å². The molecule has 1 fully saturated rings. The van der Waals surface area contributed by atoms with Crippen LogP contribution in [0.1, 0.15) is 22.6 Å². The Hall–Kier alpha value is -2.59. The lowest BCUT2D eigenvalue weighted by Crippen LogP contribution is -2.56. The van der Waals surface area contributed by atoms with Gasteiger partial charge in [-0.05, 0) is 22.8 Å². The molecule has 2 aliphatic rings. The Morgan fingerprint density at radius 3 is 2.16 bits per heavy atom. The second kappa shape index (κ2) is 7.23. The number of amidine groups is 1. The van der Waals surface area contributed by atoms with Crippen LogP contribution in [0.5, 0.6) is 0 Å². The molecule has 4 rings (SSSR count). The molecular weight excluding hydrogens is 429 g/mol. The van der Waals surface area contributed by atoms with E-state index in [0.29, 0.717) is 17.0 Å². The summed E-state index contributed by atoms with van der Waals surface area (Å²) in [7, 11) is 0.0622. The van der Waals surface area contributed by atoms with Gasteiger partial charge in [0, 0.05) is 11.8 Å². The van der Waals surface area contributed by atoms with Crippen molar-refractivity contribution in [2.45, 2.75) is 17.0 Å². The summed E-state index contributed by atoms with van der Waals surface area (Å²) in [5.41, 5.74) is 0.674. The van der Waals surface area contributed by atoms with Crippen molar-refractivity contribution < 1.29 is 26.1 Å². The summed E-state index contributed by atoms with van der Waals surface area (Å²) >= 11 is 0. The zero-order chi connectivity index (χ0) is 22.6. The molecule has 0 bridgehead atoms. The van der Waals surface area contributed by atoms with Gasteiger partial charge in [-0.25, -0.2) is 13.4 Å². The van der Waals surface area contributed by atoms with E-state index < -0.39 is 26.5 Å². The van der Waals surface area contributed by atoms with Crippen molar-refractivity contribution in [2.75, 3.05) is 40.1 Å². The Bertz CT molecular complexity index is 1190. The first-order chi connectivity index (χ1) is 14.4. The molecular formula is C21H22F3N4O2S+. The minimum atomic E-state index is -4.85. The quantitative estimate of drug-likeness (QED) is 0.656. The molecule has 0 saturated carbocycles. The Labute approximate surface area is 178 Å². The van der Waals surface area contributed by atoms with Crippen molar-refractivity contribution in [3.63, 3.8) is 0 Å². The van der Waals surface area contributed by atoms with E-state index >= 15 is 0 Å². The average molecular weight is 451 g/mol. The van der Waals surface area contributed by atoms with Crippen LogP contribution in [0.3, 0.4) is 0 Å². The molecule has 31 heavy (non-hydrogen) atoms. The van der Waals surface area contributed by atoms with Gasteiger partial charge in [0.1, 0.15) is 0 Å². The van der Waals surface area contributed by atoms with Crippen LogP contribution in [0.15, 0.2) is 56.5 Å². The van der Waals surface area contributed by atoms with Gasteiger partial charge in [0.15, 0.2) is 22.3 Å². The van der Waals surface area contributed by atoms with Crippen LogP contribution in [0.25, 0.3) is 11.1 Å². The van der Waals surface area contributed by atoms with E-state index in [1.165, 1.54) is 6.07 Å². The lowest BCUT2D eigenvalue weighted by atomic mass is 9.88. The maximum absolute atomic E-state index is 13.7. The van der Waals surface area contributed by atoms with Crippen LogP contribution in [0.4, 0.5) is 13.2 Å². The molecule has 2 aromatic rings. The van der Waals surface area contributed by atoms with Crippen LogP contribution in [0, 0.1) is 0 Å². The van der Waals surface area contributed by atoms with Gasteiger partial charge in [-0.15, -0.1) is 5.11 Å². The fourth-order valence-corrected chi connectivity index (χ4v) is 5.45. The largest absolute Gasteiger partial charge is 0.417 e. The second-order valence-electron chi connectivity index (χ2n) is 8.62. The number of rotatable bonds is 4. The SMILES string of the molecule is C[N+]1(C)CC(c2ccc(-c3ccc(C(F)(F)F)c(S(C)(=O)=O)c3C3=NCN=N3)cc2)C1. The molecule has 2 aliphatic heterocycles. The van der Waals surface area contributed by atoms with E-state index in [0.717, 1.165) is 35.5 Å². The average Bonchev–Trinajstić information content (AvgIpc) is 3.18. The molecule has 0 aliphatic carbocycles. The number of hydrogen-bond donors (Lipinski definition) is 0. The summed E-state index contributed by atoms with van der Waals surface area (Å²) in [6.45, 7) is 1.98. The second-order valence-corrected chi connectivity index (χ2v) is 10.6. The van der Waals surface area contributed by atoms with Crippen molar-refractivity contribution in [1.29, 1.82) is 0 Å². The Morgan fingerprint density at radius 2 is 1.68 bits per heavy atom. The number of sulfone groups is 1. The number of likely N-dealkylation sites (tertiary alicyclic amines) is 1. The predicted octanol–water partition coefficient (Wildman–Crippen LogP) is 4.12. The highest BCUT2D eigenvalue weighted by Crippen LogP contribution is 2.41. The lowest BCUT2D eigenvalue weighted by Gasteiger charge is -2.44. The minimum Gasteiger partial charge on any atom is -0.327 e. The molecule has 0 N–H and O–H groups in total. The molecule has 6 nitrogen and oxygen atoms in total. The maximum atomic E-state index is 13.7. The summed E-state index contributed by atoms with van der Waals surface area (Å²) in [5.74, 6) is 0.319. The highest BCUT2D eigenvalue weighted by atomic mass is 32.2. The molecule has 10 heteroatoms. The zero-order valence-corrected chi connectivity index (χ0v) is 18.1. The van der Waals surface area contributed by atoms with E-state index in [9.17, 15) is 21.6 Å². The molecule has 2 aromatic carbocycles. The van der Waals surface area contributed by atoms with Crippen molar-refractivity contribution in [2.24, 2.45) is 15.2 Å². The molecule has 0 amide bonds. The first-order valence-corrected chi connectivity index (χ1v) is 11.5. The number of benzene rings is 2. The molecule has 0 aromatic heterocycles. The Balaban J connectivity index is 1.88. The van der Waals surface area contributed by atoms with Gasteiger partial charge in [-0.2, -0.15) is 18.3 Å². The number of alkyl halides is 3. The number of aliphatic imine (C=N–C) groups is 1. The van der Waals surface area contributed by atoms with Crippen molar-refractivity contribution in [3.8, 4) is 11.1 Å². The lowest BCUT2D eigenvalue weighted by molar-refractivity contribution is -0.932. The van der Waals surface area contributed by atoms with Crippen LogP contribution in [-0.2, 0) is 16.0 Å². The normalized spacial score (nSPS) is 18.7. The fraction of sp³-hybridized carbons (Fsp3) is 0.381. The molecule has 0 unspecified atom stereocenters. The third-order valence-electron chi connectivity index (χ3n) is 5.63. The molecule has 1 saturated heterocycles. The van der Waals surface area contributed by atoms with Gasteiger partial charge >= 0.3 is 6.18 Å². The molecule has 164 valence electrons. The third-order valence-corrected chi connectivity index (χ3v) is 6.79. The number of likely N-dealkylation sites (N-methyl/N-ethyl adjacent to an activating group) is 1. The topological polar surface area (TPSA) is 71.2 Å². The zero-order valence-electron chi connectivity index (χ0n) is 17.3. The van der Waals surface area contributed by atoms with Crippen molar-refractivity contribution >= 4 is 15.7 Å². The summed E-state index contributed by atoms with van der Waals surface area (Å²) in [5, 5.41) is 7.52. The fourth-order valence-electron chi connectivity index (χ4n) is 4.30. The highest BCUT2D eigenvalue weighted by Gasteiger charge is 2.40. The van der Waals surface area contributed by atoms with Gasteiger partial charge in [0.2, 0.25) is 0 Å². The minimum absolute atomic E-state index is 0.0527. The third kappa shape index (κ3) is 4.14. The van der Waals surface area contributed by atoms with Crippen molar-refractivity contribution in [1.82, 2.24) is 0 Å². The molecule has 2 heterocycles. The van der Waals surface area contributed by atoms with E-state index in [-0.39, 0.29) is 18.1 Å². The summed E-state index contributed by atoms with van der Waals surface area (Å²) in [4.78, 5) is 3.20. The Morgan fingerprint density at radius 1 is 1.03 bits per heavy atom. The van der Waals surface area contributed by atoms with Crippen LogP contribution in [-0.4, -0.2) is 58.8 Å². The molecule has 0 radical (unpaired) electrons. The van der Waals surface area contributed by atoms with E-state index in [1.807, 2.05) is 12.1 Å². The molecule has 0 spiro atoms. The number of azo groups is 1. The molecule has 0 atom stereocenters. The van der Waals surface area contributed by atoms with Gasteiger partial charge in [0.25, 0.3) is 0 Å². The van der Waals surface area contributed by atoms with Gasteiger partial charge in [-0.3, -0.25) is 0 Å². The number of nitrogens with zero attached hydrogens (tertiary/aromatic N) is 4. The summed E-state index contributed by atoms with van der Waals surface area (Å²) in [6.07, 6.45) is -4.08. The number of hydrogen-bond acceptors (Lipinski definition) is 5. The number of quaternary nitrogens is 1. The van der Waals surface area contributed by atoms with E-state index in [4.69, 9.17) is 0 Å². The Kier molecular flexibility index (Phi) is 5.05. The van der Waals surface area contributed by atoms with Crippen LogP contribution >= 0.6 is 0 Å². The number of halogens is 3. The van der Waals surface area contributed by atoms with Crippen LogP contribution < -0.4 is 0 Å². The van der Waals surface area contributed by atoms with E-state index in [2.05, 4.69) is 29.3 Å². The first-order valence-electron chi connectivity index (χ1n) is 9.66. The van der Waals surface area contributed by atoms with Crippen molar-refractivity contribution in [3.05, 3.63) is 53.1 Å². The standard InChI is InChI=1S/C21H22F3N4O2S/c1-28(2)10-15(11-28)13-4-6-14(7-5-13)16-8-9-17(21(22,23)24)19(31(3,29)30)18(16)20-25-12-26-27-20/h4-9,15H,10-12H2,1-3H3/q+1. The maximum Gasteiger partial charge on any atom is 0.417 e. The van der Waals surface area contributed by atoms with Gasteiger partial charge in [0.05, 0.1) is 43.6 Å². The monoisotopic (exact) mass is 451 g/mol. The first kappa shape index (κ1) is 21.6. The van der Waals surface area contributed by atoms with Gasteiger partial charge in [-0.1, -0.05) is 30.3 Å². The summed E-state index contributed by atoms with van der Waals surface area (Å²) < 4.78 is 66.9. The highest BCUT2D eigenvalue weighted by molar-refractivity contribution is 7.90. The predicted molar refractivity (Wildman–Crippen MR) is 111 cm³/mol. The van der Waals surface area contributed by atoms with Crippen LogP contribution in [0.2, 0.25) is 0 Å². The summed E-state index contributed by atoms with van der Waals surface area (Å²) in [6, 6.07) is 9.58.